The molecule has 1 unspecified atom stereocenters. The van der Waals surface area contributed by atoms with Crippen LogP contribution in [0.1, 0.15) is 31.9 Å². The van der Waals surface area contributed by atoms with Crippen LogP contribution < -0.4 is 4.74 Å². The first kappa shape index (κ1) is 14.4. The summed E-state index contributed by atoms with van der Waals surface area (Å²) in [6.07, 6.45) is 0.177. The lowest BCUT2D eigenvalue weighted by molar-refractivity contribution is 0.191. The van der Waals surface area contributed by atoms with Gasteiger partial charge in [-0.25, -0.2) is 0 Å². The third kappa shape index (κ3) is 3.91. The number of ether oxygens (including phenoxy) is 1. The van der Waals surface area contributed by atoms with Crippen LogP contribution in [-0.4, -0.2) is 29.2 Å². The van der Waals surface area contributed by atoms with Crippen LogP contribution >= 0.6 is 11.8 Å². The molecule has 2 N–H and O–H groups in total. The molecule has 0 heterocycles. The molecule has 3 nitrogen and oxygen atoms in total. The Hall–Kier alpha value is -0.710. The molecule has 0 aliphatic carbocycles. The number of aliphatic hydroxyl groups excluding tert-OH is 2. The standard InChI is InChI=1S/C13H20O3S/c1-9(7-8-14)17-12-6-4-5-11(16-3)13(12)10(2)15/h4-6,9-10,14-15H,7-8H2,1-3H3/t9?,10-/m0/s1. The van der Waals surface area contributed by atoms with Gasteiger partial charge < -0.3 is 14.9 Å². The molecular weight excluding hydrogens is 236 g/mol. The van der Waals surface area contributed by atoms with Gasteiger partial charge in [-0.1, -0.05) is 13.0 Å². The highest BCUT2D eigenvalue weighted by molar-refractivity contribution is 8.00. The molecule has 4 heteroatoms. The number of methoxy groups -OCH3 is 1. The van der Waals surface area contributed by atoms with Crippen molar-refractivity contribution in [1.29, 1.82) is 0 Å². The Morgan fingerprint density at radius 2 is 2.06 bits per heavy atom. The van der Waals surface area contributed by atoms with Gasteiger partial charge in [0.15, 0.2) is 0 Å². The molecule has 1 rings (SSSR count). The number of benzene rings is 1. The van der Waals surface area contributed by atoms with E-state index in [1.165, 1.54) is 0 Å². The second-order valence-electron chi connectivity index (χ2n) is 3.99. The lowest BCUT2D eigenvalue weighted by Crippen LogP contribution is -2.03. The Morgan fingerprint density at radius 1 is 1.35 bits per heavy atom. The van der Waals surface area contributed by atoms with Gasteiger partial charge in [0, 0.05) is 22.3 Å². The summed E-state index contributed by atoms with van der Waals surface area (Å²) in [6, 6.07) is 5.74. The van der Waals surface area contributed by atoms with Gasteiger partial charge in [0.05, 0.1) is 13.2 Å². The van der Waals surface area contributed by atoms with Crippen molar-refractivity contribution >= 4 is 11.8 Å². The zero-order valence-corrected chi connectivity index (χ0v) is 11.3. The number of rotatable bonds is 6. The van der Waals surface area contributed by atoms with E-state index in [2.05, 4.69) is 6.92 Å². The van der Waals surface area contributed by atoms with Crippen molar-refractivity contribution in [3.63, 3.8) is 0 Å². The SMILES string of the molecule is COc1cccc(SC(C)CCO)c1[C@H](C)O. The summed E-state index contributed by atoms with van der Waals surface area (Å²) in [5.41, 5.74) is 0.824. The third-order valence-corrected chi connectivity index (χ3v) is 3.78. The Kier molecular flexibility index (Phi) is 5.82. The van der Waals surface area contributed by atoms with Crippen molar-refractivity contribution in [3.05, 3.63) is 23.8 Å². The molecule has 0 aliphatic heterocycles. The molecule has 0 saturated heterocycles. The van der Waals surface area contributed by atoms with Gasteiger partial charge in [0.2, 0.25) is 0 Å². The van der Waals surface area contributed by atoms with Gasteiger partial charge in [-0.05, 0) is 25.5 Å². The molecule has 0 aliphatic rings. The topological polar surface area (TPSA) is 49.7 Å². The highest BCUT2D eigenvalue weighted by atomic mass is 32.2. The zero-order valence-electron chi connectivity index (χ0n) is 10.5. The van der Waals surface area contributed by atoms with Crippen LogP contribution in [0.25, 0.3) is 0 Å². The fourth-order valence-corrected chi connectivity index (χ4v) is 2.89. The van der Waals surface area contributed by atoms with Crippen LogP contribution in [-0.2, 0) is 0 Å². The predicted molar refractivity (Wildman–Crippen MR) is 70.6 cm³/mol. The Labute approximate surface area is 107 Å². The van der Waals surface area contributed by atoms with Gasteiger partial charge in [-0.2, -0.15) is 0 Å². The summed E-state index contributed by atoms with van der Waals surface area (Å²) in [6.45, 7) is 3.98. The van der Waals surface area contributed by atoms with Crippen LogP contribution in [0.3, 0.4) is 0 Å². The van der Waals surface area contributed by atoms with E-state index in [0.29, 0.717) is 11.0 Å². The summed E-state index contributed by atoms with van der Waals surface area (Å²) in [4.78, 5) is 1.01. The van der Waals surface area contributed by atoms with E-state index in [-0.39, 0.29) is 6.61 Å². The van der Waals surface area contributed by atoms with E-state index in [1.54, 1.807) is 25.8 Å². The summed E-state index contributed by atoms with van der Waals surface area (Å²) in [5.74, 6) is 0.709. The molecule has 2 atom stereocenters. The molecule has 0 aromatic heterocycles. The average Bonchev–Trinajstić information content (AvgIpc) is 2.28. The van der Waals surface area contributed by atoms with Gasteiger partial charge >= 0.3 is 0 Å². The lowest BCUT2D eigenvalue weighted by atomic mass is 10.1. The minimum Gasteiger partial charge on any atom is -0.496 e. The highest BCUT2D eigenvalue weighted by Crippen LogP contribution is 2.37. The van der Waals surface area contributed by atoms with Gasteiger partial charge in [-0.3, -0.25) is 0 Å². The van der Waals surface area contributed by atoms with E-state index in [9.17, 15) is 5.11 Å². The smallest absolute Gasteiger partial charge is 0.125 e. The minimum absolute atomic E-state index is 0.183. The number of aliphatic hydroxyl groups is 2. The van der Waals surface area contributed by atoms with Crippen molar-refractivity contribution in [1.82, 2.24) is 0 Å². The van der Waals surface area contributed by atoms with Gasteiger partial charge in [-0.15, -0.1) is 11.8 Å². The van der Waals surface area contributed by atoms with Crippen LogP contribution in [0.4, 0.5) is 0 Å². The number of hydrogen-bond acceptors (Lipinski definition) is 4. The third-order valence-electron chi connectivity index (χ3n) is 2.53. The van der Waals surface area contributed by atoms with Crippen LogP contribution in [0.15, 0.2) is 23.1 Å². The summed E-state index contributed by atoms with van der Waals surface area (Å²) in [7, 11) is 1.60. The van der Waals surface area contributed by atoms with E-state index in [1.807, 2.05) is 18.2 Å². The highest BCUT2D eigenvalue weighted by Gasteiger charge is 2.16. The summed E-state index contributed by atoms with van der Waals surface area (Å²) in [5, 5.41) is 19.0. The van der Waals surface area contributed by atoms with Crippen LogP contribution in [0.2, 0.25) is 0 Å². The first-order valence-corrected chi connectivity index (χ1v) is 6.60. The fraction of sp³-hybridized carbons (Fsp3) is 0.538. The van der Waals surface area contributed by atoms with E-state index in [0.717, 1.165) is 16.9 Å². The average molecular weight is 256 g/mol. The molecule has 0 radical (unpaired) electrons. The van der Waals surface area contributed by atoms with Crippen molar-refractivity contribution in [3.8, 4) is 5.75 Å². The van der Waals surface area contributed by atoms with Crippen molar-refractivity contribution in [2.75, 3.05) is 13.7 Å². The molecular formula is C13H20O3S. The maximum absolute atomic E-state index is 9.82. The Bertz CT molecular complexity index is 353. The number of thioether (sulfide) groups is 1. The van der Waals surface area contributed by atoms with Crippen LogP contribution in [0.5, 0.6) is 5.75 Å². The Morgan fingerprint density at radius 3 is 2.59 bits per heavy atom. The lowest BCUT2D eigenvalue weighted by Gasteiger charge is -2.18. The fourth-order valence-electron chi connectivity index (χ4n) is 1.67. The monoisotopic (exact) mass is 256 g/mol. The minimum atomic E-state index is -0.560. The zero-order chi connectivity index (χ0) is 12.8. The largest absolute Gasteiger partial charge is 0.496 e. The van der Waals surface area contributed by atoms with E-state index < -0.39 is 6.10 Å². The molecule has 0 fully saturated rings. The number of hydrogen-bond donors (Lipinski definition) is 2. The van der Waals surface area contributed by atoms with Crippen molar-refractivity contribution in [2.24, 2.45) is 0 Å². The maximum Gasteiger partial charge on any atom is 0.125 e. The molecule has 0 bridgehead atoms. The second kappa shape index (κ2) is 6.89. The van der Waals surface area contributed by atoms with Gasteiger partial charge in [0.1, 0.15) is 5.75 Å². The maximum atomic E-state index is 9.82. The van der Waals surface area contributed by atoms with E-state index in [4.69, 9.17) is 9.84 Å². The molecule has 1 aromatic rings. The molecule has 17 heavy (non-hydrogen) atoms. The molecule has 0 amide bonds. The van der Waals surface area contributed by atoms with E-state index >= 15 is 0 Å². The van der Waals surface area contributed by atoms with Crippen LogP contribution in [0, 0.1) is 0 Å². The van der Waals surface area contributed by atoms with Crippen molar-refractivity contribution < 1.29 is 14.9 Å². The Balaban J connectivity index is 2.97. The van der Waals surface area contributed by atoms with Gasteiger partial charge in [0.25, 0.3) is 0 Å². The normalized spacial score (nSPS) is 14.4. The summed E-state index contributed by atoms with van der Waals surface area (Å²) >= 11 is 1.65. The molecule has 0 spiro atoms. The summed E-state index contributed by atoms with van der Waals surface area (Å²) < 4.78 is 5.27. The quantitative estimate of drug-likeness (QED) is 0.768. The second-order valence-corrected chi connectivity index (χ2v) is 5.47. The van der Waals surface area contributed by atoms with Crippen molar-refractivity contribution in [2.45, 2.75) is 36.5 Å². The first-order valence-electron chi connectivity index (χ1n) is 5.72. The molecule has 96 valence electrons. The molecule has 1 aromatic carbocycles. The molecule has 0 saturated carbocycles. The predicted octanol–water partition coefficient (Wildman–Crippen LogP) is 2.61. The first-order chi connectivity index (χ1) is 8.10.